The van der Waals surface area contributed by atoms with E-state index in [1.807, 2.05) is 0 Å². The number of hydrogen-bond acceptors (Lipinski definition) is 5. The third-order valence-corrected chi connectivity index (χ3v) is 8.98. The molecular weight excluding hydrogens is 408 g/mol. The Hall–Kier alpha value is -1.54. The lowest BCUT2D eigenvalue weighted by Crippen LogP contribution is -2.37. The molecule has 0 bridgehead atoms. The first-order valence-corrected chi connectivity index (χ1v) is 12.8. The van der Waals surface area contributed by atoms with Gasteiger partial charge in [-0.05, 0) is 44.9 Å². The Labute approximate surface area is 177 Å². The van der Waals surface area contributed by atoms with E-state index in [-0.39, 0.29) is 34.4 Å². The predicted molar refractivity (Wildman–Crippen MR) is 116 cm³/mol. The number of nitrogens with one attached hydrogen (secondary N) is 2. The molecular formula is C21H30N2O4S2. The Morgan fingerprint density at radius 3 is 2.55 bits per heavy atom. The summed E-state index contributed by atoms with van der Waals surface area (Å²) in [7, 11) is -3.64. The Bertz CT molecular complexity index is 861. The molecule has 1 aromatic carbocycles. The molecule has 1 heterocycles. The smallest absolute Gasteiger partial charge is 0.237 e. The summed E-state index contributed by atoms with van der Waals surface area (Å²) in [5.74, 6) is -0.280. The zero-order valence-corrected chi connectivity index (χ0v) is 18.7. The van der Waals surface area contributed by atoms with Gasteiger partial charge in [0.25, 0.3) is 0 Å². The Morgan fingerprint density at radius 2 is 1.86 bits per heavy atom. The number of sulfone groups is 1. The van der Waals surface area contributed by atoms with Crippen LogP contribution in [-0.4, -0.2) is 36.8 Å². The molecule has 1 aromatic rings. The van der Waals surface area contributed by atoms with Crippen LogP contribution in [0.2, 0.25) is 0 Å². The third kappa shape index (κ3) is 5.54. The van der Waals surface area contributed by atoms with Gasteiger partial charge in [-0.3, -0.25) is 9.59 Å². The van der Waals surface area contributed by atoms with Crippen LogP contribution in [0.4, 0.5) is 5.69 Å². The number of amides is 2. The lowest BCUT2D eigenvalue weighted by atomic mass is 9.96. The fraction of sp³-hybridized carbons (Fsp3) is 0.619. The molecule has 1 aliphatic carbocycles. The fourth-order valence-electron chi connectivity index (χ4n) is 3.85. The number of benzene rings is 1. The molecule has 0 aromatic heterocycles. The Morgan fingerprint density at radius 1 is 1.21 bits per heavy atom. The third-order valence-electron chi connectivity index (χ3n) is 5.69. The van der Waals surface area contributed by atoms with E-state index in [4.69, 9.17) is 0 Å². The fourth-order valence-corrected chi connectivity index (χ4v) is 6.29. The van der Waals surface area contributed by atoms with Crippen molar-refractivity contribution in [1.29, 1.82) is 0 Å². The number of carbonyl (C=O) groups excluding carboxylic acids is 2. The van der Waals surface area contributed by atoms with Crippen molar-refractivity contribution in [1.82, 2.24) is 5.32 Å². The lowest BCUT2D eigenvalue weighted by molar-refractivity contribution is -0.122. The Kier molecular flexibility index (Phi) is 7.27. The second kappa shape index (κ2) is 9.51. The molecule has 1 saturated carbocycles. The highest BCUT2D eigenvalue weighted by atomic mass is 32.2. The van der Waals surface area contributed by atoms with Crippen LogP contribution in [0, 0.1) is 0 Å². The molecule has 1 fully saturated rings. The summed E-state index contributed by atoms with van der Waals surface area (Å²) in [5.41, 5.74) is 0.631. The van der Waals surface area contributed by atoms with Crippen molar-refractivity contribution in [2.24, 2.45) is 0 Å². The highest BCUT2D eigenvalue weighted by molar-refractivity contribution is 8.01. The molecule has 0 saturated heterocycles. The van der Waals surface area contributed by atoms with E-state index in [0.29, 0.717) is 5.69 Å². The van der Waals surface area contributed by atoms with E-state index in [0.717, 1.165) is 30.6 Å². The quantitative estimate of drug-likeness (QED) is 0.727. The van der Waals surface area contributed by atoms with Gasteiger partial charge in [0.2, 0.25) is 11.8 Å². The minimum atomic E-state index is -3.64. The summed E-state index contributed by atoms with van der Waals surface area (Å²) in [4.78, 5) is 25.2. The van der Waals surface area contributed by atoms with E-state index in [1.165, 1.54) is 37.1 Å². The molecule has 160 valence electrons. The van der Waals surface area contributed by atoms with Crippen molar-refractivity contribution in [3.63, 3.8) is 0 Å². The van der Waals surface area contributed by atoms with Crippen molar-refractivity contribution >= 4 is 39.1 Å². The second-order valence-corrected chi connectivity index (χ2v) is 11.8. The monoisotopic (exact) mass is 438 g/mol. The van der Waals surface area contributed by atoms with Gasteiger partial charge in [-0.15, -0.1) is 11.8 Å². The minimum Gasteiger partial charge on any atom is -0.353 e. The molecule has 8 heteroatoms. The van der Waals surface area contributed by atoms with Crippen molar-refractivity contribution < 1.29 is 18.0 Å². The molecule has 0 radical (unpaired) electrons. The molecule has 1 aliphatic heterocycles. The van der Waals surface area contributed by atoms with Gasteiger partial charge in [-0.1, -0.05) is 32.1 Å². The van der Waals surface area contributed by atoms with Gasteiger partial charge in [-0.25, -0.2) is 8.42 Å². The molecule has 2 atom stereocenters. The van der Waals surface area contributed by atoms with E-state index >= 15 is 0 Å². The van der Waals surface area contributed by atoms with Crippen molar-refractivity contribution in [2.75, 3.05) is 5.32 Å². The average Bonchev–Trinajstić information content (AvgIpc) is 2.64. The molecule has 29 heavy (non-hydrogen) atoms. The summed E-state index contributed by atoms with van der Waals surface area (Å²) in [6.45, 7) is 3.37. The van der Waals surface area contributed by atoms with Gasteiger partial charge in [0.15, 0.2) is 9.84 Å². The van der Waals surface area contributed by atoms with Gasteiger partial charge in [0, 0.05) is 17.4 Å². The van der Waals surface area contributed by atoms with Crippen molar-refractivity contribution in [3.05, 3.63) is 18.2 Å². The van der Waals surface area contributed by atoms with Gasteiger partial charge < -0.3 is 10.6 Å². The Balaban J connectivity index is 1.65. The van der Waals surface area contributed by atoms with Crippen LogP contribution in [0.1, 0.15) is 65.2 Å². The zero-order valence-electron chi connectivity index (χ0n) is 17.1. The maximum Gasteiger partial charge on any atom is 0.237 e. The van der Waals surface area contributed by atoms with Crippen molar-refractivity contribution in [2.45, 2.75) is 91.5 Å². The van der Waals surface area contributed by atoms with E-state index in [2.05, 4.69) is 10.6 Å². The first kappa shape index (κ1) is 22.2. The van der Waals surface area contributed by atoms with Crippen LogP contribution >= 0.6 is 11.8 Å². The molecule has 2 N–H and O–H groups in total. The number of fused-ring (bicyclic) bond motifs is 1. The molecule has 2 unspecified atom stereocenters. The number of thioether (sulfide) groups is 1. The van der Waals surface area contributed by atoms with Crippen LogP contribution in [-0.2, 0) is 19.4 Å². The first-order valence-electron chi connectivity index (χ1n) is 10.4. The number of anilines is 1. The average molecular weight is 439 g/mol. The van der Waals surface area contributed by atoms with Crippen LogP contribution in [0.5, 0.6) is 0 Å². The highest BCUT2D eigenvalue weighted by Gasteiger charge is 2.29. The maximum absolute atomic E-state index is 13.0. The minimum absolute atomic E-state index is 0.0454. The normalized spacial score (nSPS) is 22.0. The number of carbonyl (C=O) groups is 2. The van der Waals surface area contributed by atoms with Gasteiger partial charge >= 0.3 is 0 Å². The van der Waals surface area contributed by atoms with Crippen LogP contribution in [0.3, 0.4) is 0 Å². The zero-order chi connectivity index (χ0) is 21.0. The van der Waals surface area contributed by atoms with E-state index in [1.54, 1.807) is 26.0 Å². The molecule has 2 amide bonds. The molecule has 2 aliphatic rings. The summed E-state index contributed by atoms with van der Waals surface area (Å²) in [6.07, 6.45) is 7.78. The van der Waals surface area contributed by atoms with Gasteiger partial charge in [0.1, 0.15) is 0 Å². The van der Waals surface area contributed by atoms with Crippen LogP contribution < -0.4 is 10.6 Å². The number of rotatable bonds is 5. The number of hydrogen-bond donors (Lipinski definition) is 2. The summed E-state index contributed by atoms with van der Waals surface area (Å²) >= 11 is 1.35. The lowest BCUT2D eigenvalue weighted by Gasteiger charge is -2.23. The first-order chi connectivity index (χ1) is 13.8. The standard InChI is InChI=1S/C21H30N2O4S2/c1-14(12-20(24)22-16-8-6-4-3-5-7-9-16)29(26,27)17-10-11-18-19(13-17)28-15(2)21(25)23-18/h10-11,13-16H,3-9,12H2,1-2H3,(H,22,24)(H,23,25). The molecule has 3 rings (SSSR count). The second-order valence-electron chi connectivity index (χ2n) is 8.08. The van der Waals surface area contributed by atoms with Crippen LogP contribution in [0.15, 0.2) is 28.0 Å². The molecule has 6 nitrogen and oxygen atoms in total. The SMILES string of the molecule is CC1Sc2cc(S(=O)(=O)C(C)CC(=O)NC3CCCCCCC3)ccc2NC1=O. The summed E-state index contributed by atoms with van der Waals surface area (Å²) < 4.78 is 26.0. The van der Waals surface area contributed by atoms with Crippen molar-refractivity contribution in [3.8, 4) is 0 Å². The van der Waals surface area contributed by atoms with Gasteiger partial charge in [0.05, 0.1) is 21.1 Å². The maximum atomic E-state index is 13.0. The summed E-state index contributed by atoms with van der Waals surface area (Å²) in [5, 5.41) is 4.75. The topological polar surface area (TPSA) is 92.3 Å². The van der Waals surface area contributed by atoms with Gasteiger partial charge in [-0.2, -0.15) is 0 Å². The predicted octanol–water partition coefficient (Wildman–Crippen LogP) is 3.90. The van der Waals surface area contributed by atoms with Crippen LogP contribution in [0.25, 0.3) is 0 Å². The van der Waals surface area contributed by atoms with E-state index < -0.39 is 15.1 Å². The van der Waals surface area contributed by atoms with E-state index in [9.17, 15) is 18.0 Å². The highest BCUT2D eigenvalue weighted by Crippen LogP contribution is 2.37. The summed E-state index contributed by atoms with van der Waals surface area (Å²) in [6, 6.07) is 4.89. The largest absolute Gasteiger partial charge is 0.353 e. The molecule has 0 spiro atoms.